The number of halogens is 1. The summed E-state index contributed by atoms with van der Waals surface area (Å²) in [7, 11) is 0. The largest absolute Gasteiger partial charge is 0.351 e. The molecular weight excluding hydrogens is 234 g/mol. The van der Waals surface area contributed by atoms with Gasteiger partial charge in [-0.05, 0) is 25.2 Å². The molecule has 1 heterocycles. The van der Waals surface area contributed by atoms with Crippen LogP contribution in [0.4, 0.5) is 5.95 Å². The van der Waals surface area contributed by atoms with E-state index in [1.54, 1.807) is 12.4 Å². The molecule has 17 heavy (non-hydrogen) atoms. The van der Waals surface area contributed by atoms with Gasteiger partial charge in [0.2, 0.25) is 5.95 Å². The fraction of sp³-hybridized carbons (Fsp3) is 0.692. The first-order valence-corrected chi connectivity index (χ1v) is 6.91. The minimum absolute atomic E-state index is 0.497. The summed E-state index contributed by atoms with van der Waals surface area (Å²) in [4.78, 5) is 8.41. The second-order valence-electron chi connectivity index (χ2n) is 4.78. The van der Waals surface area contributed by atoms with Crippen LogP contribution in [0.25, 0.3) is 0 Å². The Kier molecular flexibility index (Phi) is 4.60. The predicted octanol–water partition coefficient (Wildman–Crippen LogP) is 3.90. The van der Waals surface area contributed by atoms with Crippen LogP contribution in [0.1, 0.15) is 45.4 Å². The Hall–Kier alpha value is -0.830. The average molecular weight is 254 g/mol. The third-order valence-corrected chi connectivity index (χ3v) is 3.79. The summed E-state index contributed by atoms with van der Waals surface area (Å²) >= 11 is 5.78. The van der Waals surface area contributed by atoms with Gasteiger partial charge in [0.25, 0.3) is 0 Å². The van der Waals surface area contributed by atoms with Crippen LogP contribution in [0, 0.1) is 5.92 Å². The maximum atomic E-state index is 5.78. The summed E-state index contributed by atoms with van der Waals surface area (Å²) in [6.07, 6.45) is 11.2. The lowest BCUT2D eigenvalue weighted by molar-refractivity contribution is 0.312. The van der Waals surface area contributed by atoms with Crippen molar-refractivity contribution >= 4 is 17.5 Å². The standard InChI is InChI=1S/C13H20ClN3/c1-2-12(10-6-4-3-5-7-10)17-13-15-8-11(14)9-16-13/h8-10,12H,2-7H2,1H3,(H,15,16,17). The van der Waals surface area contributed by atoms with Crippen LogP contribution < -0.4 is 5.32 Å². The van der Waals surface area contributed by atoms with Crippen LogP contribution in [0.3, 0.4) is 0 Å². The first-order valence-electron chi connectivity index (χ1n) is 6.53. The lowest BCUT2D eigenvalue weighted by Crippen LogP contribution is -2.30. The molecule has 1 aromatic heterocycles. The Balaban J connectivity index is 1.96. The van der Waals surface area contributed by atoms with Crippen LogP contribution in [0.15, 0.2) is 12.4 Å². The van der Waals surface area contributed by atoms with Crippen LogP contribution in [-0.2, 0) is 0 Å². The number of hydrogen-bond donors (Lipinski definition) is 1. The molecule has 0 radical (unpaired) electrons. The summed E-state index contributed by atoms with van der Waals surface area (Å²) in [6.45, 7) is 2.22. The van der Waals surface area contributed by atoms with E-state index in [4.69, 9.17) is 11.6 Å². The number of nitrogens with zero attached hydrogens (tertiary/aromatic N) is 2. The molecule has 1 aliphatic carbocycles. The first kappa shape index (κ1) is 12.6. The highest BCUT2D eigenvalue weighted by molar-refractivity contribution is 6.30. The number of aromatic nitrogens is 2. The fourth-order valence-corrected chi connectivity index (χ4v) is 2.74. The van der Waals surface area contributed by atoms with E-state index in [9.17, 15) is 0 Å². The van der Waals surface area contributed by atoms with Gasteiger partial charge in [-0.25, -0.2) is 9.97 Å². The van der Waals surface area contributed by atoms with E-state index < -0.39 is 0 Å². The topological polar surface area (TPSA) is 37.8 Å². The van der Waals surface area contributed by atoms with Gasteiger partial charge in [-0.2, -0.15) is 0 Å². The zero-order valence-corrected chi connectivity index (χ0v) is 11.1. The molecule has 1 atom stereocenters. The van der Waals surface area contributed by atoms with E-state index in [0.29, 0.717) is 17.0 Å². The highest BCUT2D eigenvalue weighted by Gasteiger charge is 2.22. The van der Waals surface area contributed by atoms with Crippen molar-refractivity contribution in [2.75, 3.05) is 5.32 Å². The molecule has 3 nitrogen and oxygen atoms in total. The van der Waals surface area contributed by atoms with Gasteiger partial charge in [-0.15, -0.1) is 0 Å². The van der Waals surface area contributed by atoms with E-state index in [0.717, 1.165) is 12.3 Å². The number of nitrogens with one attached hydrogen (secondary N) is 1. The quantitative estimate of drug-likeness (QED) is 0.884. The third-order valence-electron chi connectivity index (χ3n) is 3.59. The van der Waals surface area contributed by atoms with Gasteiger partial charge in [-0.1, -0.05) is 37.8 Å². The molecule has 4 heteroatoms. The highest BCUT2D eigenvalue weighted by Crippen LogP contribution is 2.29. The van der Waals surface area contributed by atoms with Gasteiger partial charge < -0.3 is 5.32 Å². The van der Waals surface area contributed by atoms with Crippen molar-refractivity contribution in [2.24, 2.45) is 5.92 Å². The minimum Gasteiger partial charge on any atom is -0.351 e. The Morgan fingerprint density at radius 3 is 2.53 bits per heavy atom. The summed E-state index contributed by atoms with van der Waals surface area (Å²) in [5, 5.41) is 4.03. The normalized spacial score (nSPS) is 18.9. The molecule has 0 saturated heterocycles. The molecule has 1 aliphatic rings. The highest BCUT2D eigenvalue weighted by atomic mass is 35.5. The molecule has 1 saturated carbocycles. The van der Waals surface area contributed by atoms with Crippen molar-refractivity contribution in [3.05, 3.63) is 17.4 Å². The van der Waals surface area contributed by atoms with Gasteiger partial charge in [0.05, 0.1) is 17.4 Å². The van der Waals surface area contributed by atoms with Gasteiger partial charge in [0.1, 0.15) is 0 Å². The molecule has 1 unspecified atom stereocenters. The molecule has 0 aliphatic heterocycles. The zero-order valence-electron chi connectivity index (χ0n) is 10.3. The van der Waals surface area contributed by atoms with Crippen LogP contribution in [0.5, 0.6) is 0 Å². The molecular formula is C13H20ClN3. The zero-order chi connectivity index (χ0) is 12.1. The number of anilines is 1. The molecule has 0 amide bonds. The van der Waals surface area contributed by atoms with E-state index in [2.05, 4.69) is 22.2 Å². The van der Waals surface area contributed by atoms with Crippen LogP contribution in [0.2, 0.25) is 5.02 Å². The predicted molar refractivity (Wildman–Crippen MR) is 71.3 cm³/mol. The summed E-state index contributed by atoms with van der Waals surface area (Å²) < 4.78 is 0. The molecule has 94 valence electrons. The Morgan fingerprint density at radius 2 is 1.94 bits per heavy atom. The maximum absolute atomic E-state index is 5.78. The monoisotopic (exact) mass is 253 g/mol. The van der Waals surface area contributed by atoms with Crippen molar-refractivity contribution in [3.63, 3.8) is 0 Å². The third kappa shape index (κ3) is 3.56. The number of rotatable bonds is 4. The van der Waals surface area contributed by atoms with Gasteiger partial charge in [0.15, 0.2) is 0 Å². The molecule has 0 aromatic carbocycles. The smallest absolute Gasteiger partial charge is 0.222 e. The van der Waals surface area contributed by atoms with Crippen LogP contribution in [-0.4, -0.2) is 16.0 Å². The molecule has 1 N–H and O–H groups in total. The molecule has 1 fully saturated rings. The SMILES string of the molecule is CCC(Nc1ncc(Cl)cn1)C1CCCCC1. The van der Waals surface area contributed by atoms with E-state index in [-0.39, 0.29) is 0 Å². The van der Waals surface area contributed by atoms with Gasteiger partial charge >= 0.3 is 0 Å². The maximum Gasteiger partial charge on any atom is 0.222 e. The molecule has 0 spiro atoms. The average Bonchev–Trinajstić information content (AvgIpc) is 2.39. The first-order chi connectivity index (χ1) is 8.29. The van der Waals surface area contributed by atoms with Crippen molar-refractivity contribution in [3.8, 4) is 0 Å². The Morgan fingerprint density at radius 1 is 1.29 bits per heavy atom. The van der Waals surface area contributed by atoms with Crippen molar-refractivity contribution in [1.29, 1.82) is 0 Å². The van der Waals surface area contributed by atoms with E-state index in [1.165, 1.54) is 32.1 Å². The van der Waals surface area contributed by atoms with E-state index >= 15 is 0 Å². The van der Waals surface area contributed by atoms with Crippen molar-refractivity contribution in [1.82, 2.24) is 9.97 Å². The van der Waals surface area contributed by atoms with E-state index in [1.807, 2.05) is 0 Å². The summed E-state index contributed by atoms with van der Waals surface area (Å²) in [5.41, 5.74) is 0. The second-order valence-corrected chi connectivity index (χ2v) is 5.22. The van der Waals surface area contributed by atoms with Gasteiger partial charge in [0, 0.05) is 6.04 Å². The summed E-state index contributed by atoms with van der Waals surface area (Å²) in [5.74, 6) is 1.47. The lowest BCUT2D eigenvalue weighted by atomic mass is 9.83. The van der Waals surface area contributed by atoms with Gasteiger partial charge in [-0.3, -0.25) is 0 Å². The Bertz CT molecular complexity index is 333. The van der Waals surface area contributed by atoms with Crippen molar-refractivity contribution in [2.45, 2.75) is 51.5 Å². The molecule has 0 bridgehead atoms. The fourth-order valence-electron chi connectivity index (χ4n) is 2.64. The molecule has 2 rings (SSSR count). The number of hydrogen-bond acceptors (Lipinski definition) is 3. The molecule has 1 aromatic rings. The van der Waals surface area contributed by atoms with Crippen LogP contribution >= 0.6 is 11.6 Å². The second kappa shape index (κ2) is 6.20. The van der Waals surface area contributed by atoms with Crippen molar-refractivity contribution < 1.29 is 0 Å². The minimum atomic E-state index is 0.497. The lowest BCUT2D eigenvalue weighted by Gasteiger charge is -2.30. The Labute approximate surface area is 108 Å². The summed E-state index contributed by atoms with van der Waals surface area (Å²) in [6, 6.07) is 0.497.